The van der Waals surface area contributed by atoms with Crippen LogP contribution in [0.25, 0.3) is 0 Å². The fraction of sp³-hybridized carbons (Fsp3) is 0.375. The molecule has 7 heteroatoms. The van der Waals surface area contributed by atoms with Crippen LogP contribution in [0.5, 0.6) is 0 Å². The van der Waals surface area contributed by atoms with Gasteiger partial charge in [-0.05, 0) is 25.5 Å². The maximum Gasteiger partial charge on any atom is 0.328 e. The van der Waals surface area contributed by atoms with E-state index < -0.39 is 17.9 Å². The summed E-state index contributed by atoms with van der Waals surface area (Å²) < 4.78 is 4.59. The second-order valence-electron chi connectivity index (χ2n) is 4.93. The highest BCUT2D eigenvalue weighted by molar-refractivity contribution is 5.96. The molecule has 0 spiro atoms. The van der Waals surface area contributed by atoms with E-state index in [1.807, 2.05) is 0 Å². The Bertz CT molecular complexity index is 571. The van der Waals surface area contributed by atoms with E-state index in [9.17, 15) is 19.2 Å². The number of methoxy groups -OCH3 is 1. The summed E-state index contributed by atoms with van der Waals surface area (Å²) in [6.07, 6.45) is 0.302. The van der Waals surface area contributed by atoms with Gasteiger partial charge >= 0.3 is 5.97 Å². The van der Waals surface area contributed by atoms with Crippen molar-refractivity contribution >= 4 is 23.6 Å². The Morgan fingerprint density at radius 1 is 1.13 bits per heavy atom. The molecule has 124 valence electrons. The number of amides is 2. The lowest BCUT2D eigenvalue weighted by Crippen LogP contribution is -2.46. The minimum absolute atomic E-state index is 0.0921. The van der Waals surface area contributed by atoms with Crippen LogP contribution in [0.2, 0.25) is 0 Å². The topological polar surface area (TPSA) is 102 Å². The number of hydrogen-bond acceptors (Lipinski definition) is 5. The van der Waals surface area contributed by atoms with Crippen LogP contribution in [0.4, 0.5) is 0 Å². The van der Waals surface area contributed by atoms with E-state index in [0.29, 0.717) is 5.56 Å². The van der Waals surface area contributed by atoms with Crippen LogP contribution < -0.4 is 10.6 Å². The van der Waals surface area contributed by atoms with Crippen molar-refractivity contribution in [3.05, 3.63) is 35.9 Å². The molecule has 0 saturated heterocycles. The van der Waals surface area contributed by atoms with Crippen LogP contribution in [-0.4, -0.2) is 43.3 Å². The van der Waals surface area contributed by atoms with E-state index in [1.54, 1.807) is 30.3 Å². The molecule has 0 aliphatic carbocycles. The highest BCUT2D eigenvalue weighted by Crippen LogP contribution is 2.01. The molecule has 23 heavy (non-hydrogen) atoms. The van der Waals surface area contributed by atoms with Crippen molar-refractivity contribution in [3.63, 3.8) is 0 Å². The number of carbonyl (C=O) groups excluding carboxylic acids is 4. The lowest BCUT2D eigenvalue weighted by Gasteiger charge is -2.16. The highest BCUT2D eigenvalue weighted by atomic mass is 16.5. The predicted molar refractivity (Wildman–Crippen MR) is 82.6 cm³/mol. The van der Waals surface area contributed by atoms with Gasteiger partial charge in [-0.1, -0.05) is 18.2 Å². The van der Waals surface area contributed by atoms with Crippen LogP contribution in [0.3, 0.4) is 0 Å². The molecule has 1 aromatic rings. The average Bonchev–Trinajstić information content (AvgIpc) is 2.56. The van der Waals surface area contributed by atoms with Crippen LogP contribution in [0.15, 0.2) is 30.3 Å². The summed E-state index contributed by atoms with van der Waals surface area (Å²) in [5.74, 6) is -1.65. The number of nitrogens with one attached hydrogen (secondary N) is 2. The van der Waals surface area contributed by atoms with Gasteiger partial charge in [-0.15, -0.1) is 0 Å². The first kappa shape index (κ1) is 18.3. The Morgan fingerprint density at radius 2 is 1.78 bits per heavy atom. The molecular formula is C16H20N2O5. The van der Waals surface area contributed by atoms with E-state index in [-0.39, 0.29) is 31.1 Å². The van der Waals surface area contributed by atoms with E-state index >= 15 is 0 Å². The van der Waals surface area contributed by atoms with Gasteiger partial charge in [0.15, 0.2) is 0 Å². The van der Waals surface area contributed by atoms with Crippen molar-refractivity contribution in [1.82, 2.24) is 10.6 Å². The summed E-state index contributed by atoms with van der Waals surface area (Å²) in [4.78, 5) is 46.2. The minimum atomic E-state index is -0.912. The Hall–Kier alpha value is -2.70. The third kappa shape index (κ3) is 6.73. The maximum atomic E-state index is 11.8. The smallest absolute Gasteiger partial charge is 0.328 e. The molecule has 2 N–H and O–H groups in total. The average molecular weight is 320 g/mol. The molecule has 0 unspecified atom stereocenters. The molecule has 0 saturated carbocycles. The molecule has 0 bridgehead atoms. The molecule has 0 aliphatic heterocycles. The second-order valence-corrected chi connectivity index (χ2v) is 4.93. The van der Waals surface area contributed by atoms with Gasteiger partial charge in [-0.2, -0.15) is 0 Å². The fourth-order valence-electron chi connectivity index (χ4n) is 1.84. The third-order valence-electron chi connectivity index (χ3n) is 3.05. The lowest BCUT2D eigenvalue weighted by molar-refractivity contribution is -0.145. The summed E-state index contributed by atoms with van der Waals surface area (Å²) in [6, 6.07) is 7.53. The highest BCUT2D eigenvalue weighted by Gasteiger charge is 2.22. The van der Waals surface area contributed by atoms with E-state index in [2.05, 4.69) is 15.4 Å². The predicted octanol–water partition coefficient (Wildman–Crippen LogP) is 0.443. The van der Waals surface area contributed by atoms with Crippen molar-refractivity contribution < 1.29 is 23.9 Å². The number of rotatable bonds is 8. The van der Waals surface area contributed by atoms with Gasteiger partial charge in [-0.3, -0.25) is 9.59 Å². The first-order chi connectivity index (χ1) is 10.9. The Kier molecular flexibility index (Phi) is 7.45. The van der Waals surface area contributed by atoms with Crippen molar-refractivity contribution in [1.29, 1.82) is 0 Å². The summed E-state index contributed by atoms with van der Waals surface area (Å²) in [7, 11) is 1.20. The van der Waals surface area contributed by atoms with Crippen molar-refractivity contribution in [2.75, 3.05) is 13.7 Å². The molecule has 0 radical (unpaired) electrons. The number of carbonyl (C=O) groups is 4. The molecule has 1 atom stereocenters. The molecule has 0 fully saturated rings. The molecule has 0 heterocycles. The van der Waals surface area contributed by atoms with Gasteiger partial charge in [0.05, 0.1) is 13.7 Å². The van der Waals surface area contributed by atoms with Gasteiger partial charge in [0.1, 0.15) is 11.8 Å². The number of Topliss-reactive ketones (excluding diaryl/α,β-unsaturated/α-hetero) is 1. The number of esters is 1. The molecule has 2 amide bonds. The first-order valence-electron chi connectivity index (χ1n) is 7.14. The van der Waals surface area contributed by atoms with Crippen molar-refractivity contribution in [2.24, 2.45) is 0 Å². The Labute approximate surface area is 134 Å². The number of hydrogen-bond donors (Lipinski definition) is 2. The van der Waals surface area contributed by atoms with Gasteiger partial charge in [0.2, 0.25) is 5.91 Å². The zero-order valence-corrected chi connectivity index (χ0v) is 13.1. The molecule has 7 nitrogen and oxygen atoms in total. The van der Waals surface area contributed by atoms with Crippen molar-refractivity contribution in [3.8, 4) is 0 Å². The quantitative estimate of drug-likeness (QED) is 0.677. The Morgan fingerprint density at radius 3 is 2.35 bits per heavy atom. The number of ketones is 1. The van der Waals surface area contributed by atoms with Gasteiger partial charge in [-0.25, -0.2) is 4.79 Å². The molecule has 0 aromatic heterocycles. The summed E-state index contributed by atoms with van der Waals surface area (Å²) >= 11 is 0. The normalized spacial score (nSPS) is 11.2. The second kappa shape index (κ2) is 9.34. The monoisotopic (exact) mass is 320 g/mol. The number of benzene rings is 1. The number of ether oxygens (including phenoxy) is 1. The van der Waals surface area contributed by atoms with E-state index in [4.69, 9.17) is 0 Å². The molecule has 0 aliphatic rings. The molecular weight excluding hydrogens is 300 g/mol. The Balaban J connectivity index is 2.50. The van der Waals surface area contributed by atoms with E-state index in [1.165, 1.54) is 14.0 Å². The third-order valence-corrected chi connectivity index (χ3v) is 3.05. The summed E-state index contributed by atoms with van der Waals surface area (Å²) in [5.41, 5.74) is 0.432. The van der Waals surface area contributed by atoms with Gasteiger partial charge in [0, 0.05) is 12.0 Å². The standard InChI is InChI=1S/C16H20N2O5/c1-11(19)8-9-13(16(22)23-2)18-14(20)10-17-15(21)12-6-4-3-5-7-12/h3-7,13H,8-10H2,1-2H3,(H,17,21)(H,18,20)/t13-/m1/s1. The minimum Gasteiger partial charge on any atom is -0.467 e. The summed E-state index contributed by atoms with van der Waals surface area (Å²) in [6.45, 7) is 1.12. The molecule has 1 rings (SSSR count). The van der Waals surface area contributed by atoms with Crippen LogP contribution in [0, 0.1) is 0 Å². The zero-order chi connectivity index (χ0) is 17.2. The first-order valence-corrected chi connectivity index (χ1v) is 7.14. The van der Waals surface area contributed by atoms with Gasteiger partial charge < -0.3 is 20.2 Å². The van der Waals surface area contributed by atoms with Crippen LogP contribution in [0.1, 0.15) is 30.1 Å². The molecule has 1 aromatic carbocycles. The van der Waals surface area contributed by atoms with Crippen molar-refractivity contribution in [2.45, 2.75) is 25.8 Å². The van der Waals surface area contributed by atoms with Gasteiger partial charge in [0.25, 0.3) is 5.91 Å². The SMILES string of the molecule is COC(=O)[C@@H](CCC(C)=O)NC(=O)CNC(=O)c1ccccc1. The largest absolute Gasteiger partial charge is 0.467 e. The summed E-state index contributed by atoms with van der Waals surface area (Å²) in [5, 5.41) is 4.91. The maximum absolute atomic E-state index is 11.8. The van der Waals surface area contributed by atoms with E-state index in [0.717, 1.165) is 0 Å². The lowest BCUT2D eigenvalue weighted by atomic mass is 10.1. The van der Waals surface area contributed by atoms with Crippen LogP contribution in [-0.2, 0) is 19.1 Å². The fourth-order valence-corrected chi connectivity index (χ4v) is 1.84. The van der Waals surface area contributed by atoms with Crippen LogP contribution >= 0.6 is 0 Å². The zero-order valence-electron chi connectivity index (χ0n) is 13.1.